The average molecular weight is 445 g/mol. The number of nitrogens with zero attached hydrogens (tertiary/aromatic N) is 3. The monoisotopic (exact) mass is 444 g/mol. The largest absolute Gasteiger partial charge is 0.493 e. The number of halogens is 1. The minimum absolute atomic E-state index is 0.262. The molecule has 0 radical (unpaired) electrons. The van der Waals surface area contributed by atoms with Crippen molar-refractivity contribution in [2.24, 2.45) is 0 Å². The first-order valence-corrected chi connectivity index (χ1v) is 10.7. The van der Waals surface area contributed by atoms with Gasteiger partial charge in [-0.3, -0.25) is 9.69 Å². The molecule has 0 unspecified atom stereocenters. The van der Waals surface area contributed by atoms with Gasteiger partial charge in [-0.1, -0.05) is 24.3 Å². The Hall–Kier alpha value is -3.04. The fourth-order valence-electron chi connectivity index (χ4n) is 2.94. The number of benzene rings is 2. The lowest BCUT2D eigenvalue weighted by atomic mass is 10.2. The summed E-state index contributed by atoms with van der Waals surface area (Å²) in [7, 11) is 1.62. The van der Waals surface area contributed by atoms with Gasteiger partial charge in [0, 0.05) is 12.2 Å². The molecule has 9 heteroatoms. The Morgan fingerprint density at radius 2 is 1.87 bits per heavy atom. The molecule has 1 heterocycles. The first-order chi connectivity index (χ1) is 15.0. The highest BCUT2D eigenvalue weighted by Gasteiger charge is 2.16. The summed E-state index contributed by atoms with van der Waals surface area (Å²) in [4.78, 5) is 14.6. The number of nitrogens with one attached hydrogen (secondary N) is 1. The molecule has 3 aromatic rings. The summed E-state index contributed by atoms with van der Waals surface area (Å²) in [5.41, 5.74) is 1.59. The molecule has 0 aliphatic carbocycles. The second-order valence-corrected chi connectivity index (χ2v) is 7.75. The van der Waals surface area contributed by atoms with E-state index in [1.165, 1.54) is 35.6 Å². The fraction of sp³-hybridized carbons (Fsp3) is 0.318. The van der Waals surface area contributed by atoms with Gasteiger partial charge in [-0.25, -0.2) is 4.39 Å². The highest BCUT2D eigenvalue weighted by molar-refractivity contribution is 7.13. The molecular weight excluding hydrogens is 419 g/mol. The van der Waals surface area contributed by atoms with Gasteiger partial charge in [0.25, 0.3) is 5.91 Å². The van der Waals surface area contributed by atoms with E-state index >= 15 is 0 Å². The van der Waals surface area contributed by atoms with Crippen molar-refractivity contribution in [3.05, 3.63) is 63.9 Å². The Morgan fingerprint density at radius 1 is 1.10 bits per heavy atom. The average Bonchev–Trinajstić information content (AvgIpc) is 3.24. The summed E-state index contributed by atoms with van der Waals surface area (Å²) in [6, 6.07) is 11.5. The zero-order valence-corrected chi connectivity index (χ0v) is 18.5. The number of aromatic nitrogens is 2. The van der Waals surface area contributed by atoms with Gasteiger partial charge in [0.15, 0.2) is 11.5 Å². The lowest BCUT2D eigenvalue weighted by Crippen LogP contribution is -2.22. The van der Waals surface area contributed by atoms with Crippen molar-refractivity contribution in [3.8, 4) is 11.5 Å². The summed E-state index contributed by atoms with van der Waals surface area (Å²) in [6.07, 6.45) is 0. The summed E-state index contributed by atoms with van der Waals surface area (Å²) in [5.74, 6) is 0.694. The van der Waals surface area contributed by atoms with Crippen LogP contribution in [0.25, 0.3) is 0 Å². The van der Waals surface area contributed by atoms with Gasteiger partial charge in [0.2, 0.25) is 5.01 Å². The standard InChI is InChI=1S/C22H25FN4O3S/c1-4-27(13-15-6-11-18(30-5-2)19(12-15)29-3)14-20-25-26-22(31-20)21(28)24-17-9-7-16(23)8-10-17/h6-12H,4-5,13-14H2,1-3H3,(H,24,28). The number of rotatable bonds is 10. The Kier molecular flexibility index (Phi) is 7.91. The first-order valence-electron chi connectivity index (χ1n) is 9.93. The number of hydrogen-bond acceptors (Lipinski definition) is 7. The minimum atomic E-state index is -0.366. The predicted molar refractivity (Wildman–Crippen MR) is 118 cm³/mol. The van der Waals surface area contributed by atoms with Gasteiger partial charge < -0.3 is 14.8 Å². The number of carbonyl (C=O) groups is 1. The lowest BCUT2D eigenvalue weighted by molar-refractivity contribution is 0.102. The van der Waals surface area contributed by atoms with Crippen LogP contribution < -0.4 is 14.8 Å². The van der Waals surface area contributed by atoms with Crippen molar-refractivity contribution >= 4 is 22.9 Å². The predicted octanol–water partition coefficient (Wildman–Crippen LogP) is 4.36. The molecule has 1 aromatic heterocycles. The highest BCUT2D eigenvalue weighted by atomic mass is 32.1. The normalized spacial score (nSPS) is 10.9. The maximum absolute atomic E-state index is 13.0. The molecule has 0 saturated heterocycles. The van der Waals surface area contributed by atoms with Crippen LogP contribution in [0.5, 0.6) is 11.5 Å². The Labute approximate surface area is 184 Å². The molecule has 0 fully saturated rings. The van der Waals surface area contributed by atoms with Crippen molar-refractivity contribution < 1.29 is 18.7 Å². The van der Waals surface area contributed by atoms with E-state index in [9.17, 15) is 9.18 Å². The van der Waals surface area contributed by atoms with E-state index in [-0.39, 0.29) is 16.7 Å². The molecule has 3 rings (SSSR count). The Morgan fingerprint density at radius 3 is 2.55 bits per heavy atom. The van der Waals surface area contributed by atoms with Crippen molar-refractivity contribution in [1.82, 2.24) is 15.1 Å². The van der Waals surface area contributed by atoms with Crippen LogP contribution in [-0.4, -0.2) is 41.3 Å². The molecule has 164 valence electrons. The van der Waals surface area contributed by atoms with Crippen molar-refractivity contribution in [1.29, 1.82) is 0 Å². The number of carbonyl (C=O) groups excluding carboxylic acids is 1. The van der Waals surface area contributed by atoms with Gasteiger partial charge >= 0.3 is 0 Å². The van der Waals surface area contributed by atoms with Crippen LogP contribution in [0, 0.1) is 5.82 Å². The van der Waals surface area contributed by atoms with Crippen molar-refractivity contribution in [3.63, 3.8) is 0 Å². The van der Waals surface area contributed by atoms with Crippen LogP contribution in [0.15, 0.2) is 42.5 Å². The smallest absolute Gasteiger partial charge is 0.286 e. The zero-order valence-electron chi connectivity index (χ0n) is 17.7. The zero-order chi connectivity index (χ0) is 22.2. The van der Waals surface area contributed by atoms with E-state index < -0.39 is 0 Å². The van der Waals surface area contributed by atoms with Crippen LogP contribution >= 0.6 is 11.3 Å². The Balaban J connectivity index is 1.62. The maximum Gasteiger partial charge on any atom is 0.286 e. The quantitative estimate of drug-likeness (QED) is 0.501. The molecule has 7 nitrogen and oxygen atoms in total. The van der Waals surface area contributed by atoms with Crippen LogP contribution in [0.1, 0.15) is 34.2 Å². The SMILES string of the molecule is CCOc1ccc(CN(CC)Cc2nnc(C(=O)Nc3ccc(F)cc3)s2)cc1OC. The summed E-state index contributed by atoms with van der Waals surface area (Å²) < 4.78 is 24.0. The highest BCUT2D eigenvalue weighted by Crippen LogP contribution is 2.28. The number of methoxy groups -OCH3 is 1. The number of ether oxygens (including phenoxy) is 2. The van der Waals surface area contributed by atoms with E-state index in [1.807, 2.05) is 25.1 Å². The van der Waals surface area contributed by atoms with E-state index in [2.05, 4.69) is 27.3 Å². The van der Waals surface area contributed by atoms with E-state index in [0.29, 0.717) is 31.1 Å². The number of amides is 1. The van der Waals surface area contributed by atoms with E-state index in [4.69, 9.17) is 9.47 Å². The van der Waals surface area contributed by atoms with Gasteiger partial charge in [0.05, 0.1) is 20.3 Å². The summed E-state index contributed by atoms with van der Waals surface area (Å²) >= 11 is 1.24. The minimum Gasteiger partial charge on any atom is -0.493 e. The molecule has 1 N–H and O–H groups in total. The molecule has 0 atom stereocenters. The molecule has 0 aliphatic rings. The molecule has 0 saturated carbocycles. The maximum atomic E-state index is 13.0. The third kappa shape index (κ3) is 6.22. The fourth-order valence-corrected chi connectivity index (χ4v) is 3.72. The van der Waals surface area contributed by atoms with Crippen molar-refractivity contribution in [2.45, 2.75) is 26.9 Å². The molecule has 2 aromatic carbocycles. The molecule has 0 spiro atoms. The summed E-state index contributed by atoms with van der Waals surface area (Å²) in [6.45, 7) is 6.62. The third-order valence-corrected chi connectivity index (χ3v) is 5.41. The molecule has 1 amide bonds. The second kappa shape index (κ2) is 10.8. The molecule has 0 bridgehead atoms. The van der Waals surface area contributed by atoms with Crippen LogP contribution in [0.4, 0.5) is 10.1 Å². The van der Waals surface area contributed by atoms with E-state index in [1.54, 1.807) is 7.11 Å². The molecule has 31 heavy (non-hydrogen) atoms. The topological polar surface area (TPSA) is 76.6 Å². The Bertz CT molecular complexity index is 1010. The summed E-state index contributed by atoms with van der Waals surface area (Å²) in [5, 5.41) is 11.9. The first kappa shape index (κ1) is 22.6. The van der Waals surface area contributed by atoms with Gasteiger partial charge in [-0.2, -0.15) is 0 Å². The van der Waals surface area contributed by atoms with E-state index in [0.717, 1.165) is 22.9 Å². The second-order valence-electron chi connectivity index (χ2n) is 6.68. The number of hydrogen-bond donors (Lipinski definition) is 1. The van der Waals surface area contributed by atoms with Crippen LogP contribution in [-0.2, 0) is 13.1 Å². The third-order valence-electron chi connectivity index (χ3n) is 4.50. The molecular formula is C22H25FN4O3S. The van der Waals surface area contributed by atoms with Crippen molar-refractivity contribution in [2.75, 3.05) is 25.6 Å². The van der Waals surface area contributed by atoms with Gasteiger partial charge in [-0.05, 0) is 55.4 Å². The lowest BCUT2D eigenvalue weighted by Gasteiger charge is -2.19. The van der Waals surface area contributed by atoms with Gasteiger partial charge in [-0.15, -0.1) is 10.2 Å². The van der Waals surface area contributed by atoms with Crippen LogP contribution in [0.2, 0.25) is 0 Å². The molecule has 0 aliphatic heterocycles. The van der Waals surface area contributed by atoms with Gasteiger partial charge in [0.1, 0.15) is 10.8 Å². The number of anilines is 1. The van der Waals surface area contributed by atoms with Crippen LogP contribution in [0.3, 0.4) is 0 Å².